The van der Waals surface area contributed by atoms with Gasteiger partial charge in [-0.25, -0.2) is 9.50 Å². The molecule has 2 N–H and O–H groups in total. The van der Waals surface area contributed by atoms with Gasteiger partial charge < -0.3 is 10.6 Å². The molecule has 1 aliphatic rings. The molecule has 0 atom stereocenters. The maximum atomic E-state index is 5.87. The Morgan fingerprint density at radius 1 is 1.37 bits per heavy atom. The zero-order chi connectivity index (χ0) is 13.5. The summed E-state index contributed by atoms with van der Waals surface area (Å²) in [6.07, 6.45) is 5.98. The van der Waals surface area contributed by atoms with E-state index in [9.17, 15) is 0 Å². The number of anilines is 1. The third-order valence-electron chi connectivity index (χ3n) is 4.25. The van der Waals surface area contributed by atoms with E-state index in [-0.39, 0.29) is 5.41 Å². The Morgan fingerprint density at radius 2 is 2.11 bits per heavy atom. The van der Waals surface area contributed by atoms with Gasteiger partial charge in [-0.1, -0.05) is 6.92 Å². The SMILES string of the molecule is Cc1cc2c(N3CCC(C)(CN)CC3)nccn2n1. The lowest BCUT2D eigenvalue weighted by Gasteiger charge is -2.39. The van der Waals surface area contributed by atoms with E-state index in [0.29, 0.717) is 0 Å². The Bertz CT molecular complexity index is 581. The van der Waals surface area contributed by atoms with Crippen LogP contribution in [0.1, 0.15) is 25.5 Å². The van der Waals surface area contributed by atoms with E-state index < -0.39 is 0 Å². The number of rotatable bonds is 2. The molecule has 0 bridgehead atoms. The first kappa shape index (κ1) is 12.4. The number of hydrogen-bond acceptors (Lipinski definition) is 4. The summed E-state index contributed by atoms with van der Waals surface area (Å²) >= 11 is 0. The molecule has 0 radical (unpaired) electrons. The molecule has 0 aromatic carbocycles. The van der Waals surface area contributed by atoms with Gasteiger partial charge in [0, 0.05) is 25.5 Å². The van der Waals surface area contributed by atoms with E-state index in [4.69, 9.17) is 5.73 Å². The summed E-state index contributed by atoms with van der Waals surface area (Å²) in [6, 6.07) is 2.10. The number of hydrogen-bond donors (Lipinski definition) is 1. The van der Waals surface area contributed by atoms with Gasteiger partial charge in [0.2, 0.25) is 0 Å². The molecule has 3 rings (SSSR count). The van der Waals surface area contributed by atoms with Gasteiger partial charge in [0.05, 0.1) is 5.69 Å². The van der Waals surface area contributed by atoms with Crippen LogP contribution in [0.2, 0.25) is 0 Å². The number of nitrogens with zero attached hydrogens (tertiary/aromatic N) is 4. The number of aromatic nitrogens is 3. The van der Waals surface area contributed by atoms with Crippen LogP contribution in [0.15, 0.2) is 18.5 Å². The Balaban J connectivity index is 1.89. The van der Waals surface area contributed by atoms with Gasteiger partial charge in [0.25, 0.3) is 0 Å². The molecule has 0 amide bonds. The smallest absolute Gasteiger partial charge is 0.154 e. The van der Waals surface area contributed by atoms with Crippen LogP contribution in [0.25, 0.3) is 5.52 Å². The molecule has 0 unspecified atom stereocenters. The summed E-state index contributed by atoms with van der Waals surface area (Å²) in [4.78, 5) is 6.91. The van der Waals surface area contributed by atoms with E-state index >= 15 is 0 Å². The lowest BCUT2D eigenvalue weighted by Crippen LogP contribution is -2.42. The lowest BCUT2D eigenvalue weighted by atomic mass is 9.80. The second kappa shape index (κ2) is 4.49. The van der Waals surface area contributed by atoms with Crippen LogP contribution in [0.5, 0.6) is 0 Å². The van der Waals surface area contributed by atoms with Crippen LogP contribution < -0.4 is 10.6 Å². The van der Waals surface area contributed by atoms with E-state index in [1.165, 1.54) is 0 Å². The van der Waals surface area contributed by atoms with Crippen molar-refractivity contribution in [3.63, 3.8) is 0 Å². The van der Waals surface area contributed by atoms with Gasteiger partial charge in [-0.2, -0.15) is 5.10 Å². The zero-order valence-corrected chi connectivity index (χ0v) is 11.6. The Hall–Kier alpha value is -1.62. The van der Waals surface area contributed by atoms with Crippen LogP contribution >= 0.6 is 0 Å². The summed E-state index contributed by atoms with van der Waals surface area (Å²) < 4.78 is 1.91. The van der Waals surface area contributed by atoms with Crippen molar-refractivity contribution in [2.45, 2.75) is 26.7 Å². The third kappa shape index (κ3) is 2.18. The highest BCUT2D eigenvalue weighted by Gasteiger charge is 2.29. The first-order chi connectivity index (χ1) is 9.11. The molecule has 1 fully saturated rings. The fourth-order valence-corrected chi connectivity index (χ4v) is 2.74. The van der Waals surface area contributed by atoms with Crippen LogP contribution in [-0.4, -0.2) is 34.2 Å². The second-order valence-electron chi connectivity index (χ2n) is 5.87. The van der Waals surface area contributed by atoms with Crippen molar-refractivity contribution in [2.75, 3.05) is 24.5 Å². The Labute approximate surface area is 113 Å². The largest absolute Gasteiger partial charge is 0.355 e. The minimum atomic E-state index is 0.289. The summed E-state index contributed by atoms with van der Waals surface area (Å²) in [7, 11) is 0. The maximum absolute atomic E-state index is 5.87. The van der Waals surface area contributed by atoms with Crippen molar-refractivity contribution in [1.82, 2.24) is 14.6 Å². The standard InChI is InChI=1S/C14H21N5/c1-11-9-12-13(16-5-8-19(12)17-11)18-6-3-14(2,10-15)4-7-18/h5,8-9H,3-4,6-7,10,15H2,1-2H3. The van der Waals surface area contributed by atoms with Crippen molar-refractivity contribution in [2.24, 2.45) is 11.1 Å². The Morgan fingerprint density at radius 3 is 2.79 bits per heavy atom. The van der Waals surface area contributed by atoms with Crippen LogP contribution in [0.4, 0.5) is 5.82 Å². The average Bonchev–Trinajstić information content (AvgIpc) is 2.80. The van der Waals surface area contributed by atoms with Gasteiger partial charge in [0.1, 0.15) is 5.52 Å². The second-order valence-corrected chi connectivity index (χ2v) is 5.87. The van der Waals surface area contributed by atoms with Crippen LogP contribution in [0.3, 0.4) is 0 Å². The minimum Gasteiger partial charge on any atom is -0.355 e. The number of piperidine rings is 1. The number of fused-ring (bicyclic) bond motifs is 1. The molecule has 0 aliphatic carbocycles. The normalized spacial score (nSPS) is 19.0. The molecule has 3 heterocycles. The fourth-order valence-electron chi connectivity index (χ4n) is 2.74. The molecule has 2 aromatic rings. The molecule has 102 valence electrons. The predicted octanol–water partition coefficient (Wildman–Crippen LogP) is 1.60. The van der Waals surface area contributed by atoms with Crippen molar-refractivity contribution >= 4 is 11.3 Å². The van der Waals surface area contributed by atoms with Crippen LogP contribution in [-0.2, 0) is 0 Å². The highest BCUT2D eigenvalue weighted by molar-refractivity contribution is 5.69. The fraction of sp³-hybridized carbons (Fsp3) is 0.571. The molecule has 2 aromatic heterocycles. The minimum absolute atomic E-state index is 0.289. The Kier molecular flexibility index (Phi) is 2.93. The molecule has 0 saturated carbocycles. The average molecular weight is 259 g/mol. The van der Waals surface area contributed by atoms with Gasteiger partial charge in [0.15, 0.2) is 5.82 Å². The van der Waals surface area contributed by atoms with Gasteiger partial charge in [-0.15, -0.1) is 0 Å². The first-order valence-electron chi connectivity index (χ1n) is 6.87. The number of aryl methyl sites for hydroxylation is 1. The van der Waals surface area contributed by atoms with Gasteiger partial charge in [-0.3, -0.25) is 0 Å². The summed E-state index contributed by atoms with van der Waals surface area (Å²) in [6.45, 7) is 7.10. The summed E-state index contributed by atoms with van der Waals surface area (Å²) in [5.74, 6) is 1.04. The number of nitrogens with two attached hydrogens (primary N) is 1. The monoisotopic (exact) mass is 259 g/mol. The van der Waals surface area contributed by atoms with E-state index in [1.807, 2.05) is 23.8 Å². The van der Waals surface area contributed by atoms with E-state index in [1.54, 1.807) is 0 Å². The van der Waals surface area contributed by atoms with Crippen molar-refractivity contribution in [3.8, 4) is 0 Å². The van der Waals surface area contributed by atoms with Gasteiger partial charge >= 0.3 is 0 Å². The van der Waals surface area contributed by atoms with Crippen molar-refractivity contribution in [3.05, 3.63) is 24.2 Å². The van der Waals surface area contributed by atoms with E-state index in [2.05, 4.69) is 28.0 Å². The maximum Gasteiger partial charge on any atom is 0.154 e. The third-order valence-corrected chi connectivity index (χ3v) is 4.25. The lowest BCUT2D eigenvalue weighted by molar-refractivity contribution is 0.258. The molecular weight excluding hydrogens is 238 g/mol. The molecule has 19 heavy (non-hydrogen) atoms. The quantitative estimate of drug-likeness (QED) is 0.890. The summed E-state index contributed by atoms with van der Waals surface area (Å²) in [5, 5.41) is 4.44. The van der Waals surface area contributed by atoms with Crippen molar-refractivity contribution < 1.29 is 0 Å². The van der Waals surface area contributed by atoms with E-state index in [0.717, 1.165) is 49.5 Å². The summed E-state index contributed by atoms with van der Waals surface area (Å²) in [5.41, 5.74) is 8.28. The highest BCUT2D eigenvalue weighted by Crippen LogP contribution is 2.32. The van der Waals surface area contributed by atoms with Gasteiger partial charge in [-0.05, 0) is 37.8 Å². The zero-order valence-electron chi connectivity index (χ0n) is 11.6. The molecule has 0 spiro atoms. The predicted molar refractivity (Wildman–Crippen MR) is 76.3 cm³/mol. The highest BCUT2D eigenvalue weighted by atomic mass is 15.3. The first-order valence-corrected chi connectivity index (χ1v) is 6.87. The molecule has 5 nitrogen and oxygen atoms in total. The molecular formula is C14H21N5. The van der Waals surface area contributed by atoms with Crippen molar-refractivity contribution in [1.29, 1.82) is 0 Å². The molecule has 5 heteroatoms. The topological polar surface area (TPSA) is 59.5 Å². The molecule has 1 saturated heterocycles. The molecule has 1 aliphatic heterocycles. The van der Waals surface area contributed by atoms with Crippen LogP contribution in [0, 0.1) is 12.3 Å².